The van der Waals surface area contributed by atoms with Crippen molar-refractivity contribution in [2.24, 2.45) is 4.99 Å². The van der Waals surface area contributed by atoms with E-state index in [-0.39, 0.29) is 29.7 Å². The summed E-state index contributed by atoms with van der Waals surface area (Å²) in [5, 5.41) is 10.7. The second-order valence-corrected chi connectivity index (χ2v) is 5.54. The highest BCUT2D eigenvalue weighted by molar-refractivity contribution is 6.12. The van der Waals surface area contributed by atoms with Crippen molar-refractivity contribution in [1.82, 2.24) is 0 Å². The first kappa shape index (κ1) is 18.0. The molecule has 0 atom stereocenters. The van der Waals surface area contributed by atoms with Gasteiger partial charge >= 0.3 is 11.9 Å². The summed E-state index contributed by atoms with van der Waals surface area (Å²) in [4.78, 5) is 37.6. The molecule has 1 aliphatic heterocycles. The van der Waals surface area contributed by atoms with Crippen LogP contribution >= 0.6 is 0 Å². The topological polar surface area (TPSA) is 108 Å². The number of benzene rings is 2. The maximum absolute atomic E-state index is 12.0. The highest BCUT2D eigenvalue weighted by Gasteiger charge is 2.24. The average Bonchev–Trinajstić information content (AvgIpc) is 3.03. The van der Waals surface area contributed by atoms with Gasteiger partial charge in [0.25, 0.3) is 5.69 Å². The third-order valence-electron chi connectivity index (χ3n) is 3.65. The molecular formula is C19H14N2O6. The Balaban J connectivity index is 1.79. The number of hydrogen-bond acceptors (Lipinski definition) is 7. The summed E-state index contributed by atoms with van der Waals surface area (Å²) >= 11 is 0. The molecule has 0 spiro atoms. The van der Waals surface area contributed by atoms with Crippen LogP contribution < -0.4 is 4.74 Å². The first-order chi connectivity index (χ1) is 13.0. The fraction of sp³-hybridized carbons (Fsp3) is 0.105. The highest BCUT2D eigenvalue weighted by atomic mass is 16.6. The van der Waals surface area contributed by atoms with Crippen molar-refractivity contribution in [2.75, 3.05) is 0 Å². The molecule has 27 heavy (non-hydrogen) atoms. The van der Waals surface area contributed by atoms with Gasteiger partial charge in [-0.3, -0.25) is 14.9 Å². The van der Waals surface area contributed by atoms with Crippen molar-refractivity contribution < 1.29 is 24.0 Å². The van der Waals surface area contributed by atoms with Crippen LogP contribution in [0.4, 0.5) is 5.69 Å². The van der Waals surface area contributed by atoms with Crippen molar-refractivity contribution in [3.63, 3.8) is 0 Å². The third kappa shape index (κ3) is 4.24. The fourth-order valence-corrected chi connectivity index (χ4v) is 2.25. The van der Waals surface area contributed by atoms with Crippen LogP contribution in [0.5, 0.6) is 5.75 Å². The van der Waals surface area contributed by atoms with E-state index in [0.29, 0.717) is 16.9 Å². The zero-order valence-corrected chi connectivity index (χ0v) is 14.2. The van der Waals surface area contributed by atoms with Crippen LogP contribution in [0.15, 0.2) is 59.2 Å². The van der Waals surface area contributed by atoms with E-state index in [0.717, 1.165) is 0 Å². The maximum Gasteiger partial charge on any atom is 0.363 e. The van der Waals surface area contributed by atoms with E-state index in [1.165, 1.54) is 30.3 Å². The van der Waals surface area contributed by atoms with Gasteiger partial charge in [0.1, 0.15) is 5.75 Å². The van der Waals surface area contributed by atoms with Gasteiger partial charge in [-0.1, -0.05) is 19.1 Å². The Kier molecular flexibility index (Phi) is 5.07. The number of carbonyl (C=O) groups excluding carboxylic acids is 2. The molecule has 136 valence electrons. The van der Waals surface area contributed by atoms with E-state index in [2.05, 4.69) is 4.99 Å². The van der Waals surface area contributed by atoms with Crippen LogP contribution in [0.1, 0.15) is 24.5 Å². The summed E-state index contributed by atoms with van der Waals surface area (Å²) in [6.45, 7) is 1.70. The standard InChI is InChI=1S/C19H14N2O6/c1-2-17(22)26-15-9-3-12(4-10-15)11-16-19(23)27-18(20-16)13-5-7-14(8-6-13)21(24)25/h3-11H,2H2,1H3/b16-11+. The van der Waals surface area contributed by atoms with Crippen LogP contribution in [0.25, 0.3) is 6.08 Å². The molecule has 0 radical (unpaired) electrons. The quantitative estimate of drug-likeness (QED) is 0.264. The predicted octanol–water partition coefficient (Wildman–Crippen LogP) is 3.25. The van der Waals surface area contributed by atoms with E-state index in [1.807, 2.05) is 0 Å². The van der Waals surface area contributed by atoms with E-state index in [9.17, 15) is 19.7 Å². The lowest BCUT2D eigenvalue weighted by molar-refractivity contribution is -0.384. The third-order valence-corrected chi connectivity index (χ3v) is 3.65. The minimum atomic E-state index is -0.621. The Morgan fingerprint density at radius 1 is 1.19 bits per heavy atom. The molecule has 1 aliphatic rings. The molecule has 0 saturated carbocycles. The molecule has 0 aliphatic carbocycles. The minimum Gasteiger partial charge on any atom is -0.427 e. The lowest BCUT2D eigenvalue weighted by Crippen LogP contribution is -2.05. The van der Waals surface area contributed by atoms with E-state index in [4.69, 9.17) is 9.47 Å². The normalized spacial score (nSPS) is 14.6. The Labute approximate surface area is 153 Å². The molecule has 0 unspecified atom stereocenters. The average molecular weight is 366 g/mol. The summed E-state index contributed by atoms with van der Waals surface area (Å²) in [5.41, 5.74) is 1.16. The fourth-order valence-electron chi connectivity index (χ4n) is 2.25. The number of rotatable bonds is 5. The lowest BCUT2D eigenvalue weighted by Gasteiger charge is -2.02. The number of nitro benzene ring substituents is 1. The van der Waals surface area contributed by atoms with Gasteiger partial charge < -0.3 is 9.47 Å². The molecule has 0 saturated heterocycles. The van der Waals surface area contributed by atoms with Crippen LogP contribution in [0.3, 0.4) is 0 Å². The van der Waals surface area contributed by atoms with Crippen molar-refractivity contribution in [2.45, 2.75) is 13.3 Å². The SMILES string of the molecule is CCC(=O)Oc1ccc(/C=C2/N=C(c3ccc([N+](=O)[O-])cc3)OC2=O)cc1. The molecule has 2 aromatic rings. The Bertz CT molecular complexity index is 959. The van der Waals surface area contributed by atoms with Gasteiger partial charge in [0.15, 0.2) is 5.70 Å². The van der Waals surface area contributed by atoms with E-state index < -0.39 is 10.9 Å². The van der Waals surface area contributed by atoms with Gasteiger partial charge in [0, 0.05) is 24.1 Å². The summed E-state index contributed by atoms with van der Waals surface area (Å²) in [7, 11) is 0. The van der Waals surface area contributed by atoms with Crippen LogP contribution in [0, 0.1) is 10.1 Å². The molecule has 0 N–H and O–H groups in total. The van der Waals surface area contributed by atoms with Crippen LogP contribution in [-0.2, 0) is 14.3 Å². The van der Waals surface area contributed by atoms with Gasteiger partial charge in [-0.2, -0.15) is 0 Å². The zero-order valence-electron chi connectivity index (χ0n) is 14.2. The van der Waals surface area contributed by atoms with Crippen molar-refractivity contribution in [3.8, 4) is 5.75 Å². The summed E-state index contributed by atoms with van der Waals surface area (Å²) in [5.74, 6) is -0.467. The molecule has 0 bridgehead atoms. The van der Waals surface area contributed by atoms with Gasteiger partial charge in [-0.25, -0.2) is 9.79 Å². The molecule has 0 fully saturated rings. The van der Waals surface area contributed by atoms with Gasteiger partial charge in [0.2, 0.25) is 5.90 Å². The predicted molar refractivity (Wildman–Crippen MR) is 96.1 cm³/mol. The number of nitrogens with zero attached hydrogens (tertiary/aromatic N) is 2. The van der Waals surface area contributed by atoms with E-state index in [1.54, 1.807) is 31.2 Å². The highest BCUT2D eigenvalue weighted by Crippen LogP contribution is 2.22. The van der Waals surface area contributed by atoms with Gasteiger partial charge in [0.05, 0.1) is 4.92 Å². The molecular weight excluding hydrogens is 352 g/mol. The number of esters is 2. The molecule has 1 heterocycles. The van der Waals surface area contributed by atoms with Gasteiger partial charge in [-0.05, 0) is 35.9 Å². The molecule has 0 aromatic heterocycles. The number of carbonyl (C=O) groups is 2. The molecule has 0 amide bonds. The first-order valence-corrected chi connectivity index (χ1v) is 8.04. The monoisotopic (exact) mass is 366 g/mol. The number of cyclic esters (lactones) is 1. The molecule has 8 heteroatoms. The largest absolute Gasteiger partial charge is 0.427 e. The number of ether oxygens (including phenoxy) is 2. The van der Waals surface area contributed by atoms with E-state index >= 15 is 0 Å². The zero-order chi connectivity index (χ0) is 19.4. The van der Waals surface area contributed by atoms with Crippen LogP contribution in [0.2, 0.25) is 0 Å². The second kappa shape index (κ2) is 7.61. The lowest BCUT2D eigenvalue weighted by atomic mass is 10.2. The van der Waals surface area contributed by atoms with Gasteiger partial charge in [-0.15, -0.1) is 0 Å². The molecule has 3 rings (SSSR count). The molecule has 2 aromatic carbocycles. The number of aliphatic imine (C=N–C) groups is 1. The Morgan fingerprint density at radius 2 is 1.85 bits per heavy atom. The van der Waals surface area contributed by atoms with Crippen molar-refractivity contribution in [3.05, 3.63) is 75.5 Å². The Hall–Kier alpha value is -3.81. The first-order valence-electron chi connectivity index (χ1n) is 8.04. The minimum absolute atomic E-state index is 0.0664. The van der Waals surface area contributed by atoms with Crippen molar-refractivity contribution in [1.29, 1.82) is 0 Å². The summed E-state index contributed by atoms with van der Waals surface area (Å²) in [6.07, 6.45) is 1.81. The maximum atomic E-state index is 12.0. The van der Waals surface area contributed by atoms with Crippen LogP contribution in [-0.4, -0.2) is 22.8 Å². The number of hydrogen-bond donors (Lipinski definition) is 0. The van der Waals surface area contributed by atoms with Crippen molar-refractivity contribution >= 4 is 29.6 Å². The number of non-ortho nitro benzene ring substituents is 1. The summed E-state index contributed by atoms with van der Waals surface area (Å²) < 4.78 is 10.2. The Morgan fingerprint density at radius 3 is 2.44 bits per heavy atom. The summed E-state index contributed by atoms with van der Waals surface area (Å²) in [6, 6.07) is 12.1. The smallest absolute Gasteiger partial charge is 0.363 e. The molecule has 8 nitrogen and oxygen atoms in total. The second-order valence-electron chi connectivity index (χ2n) is 5.54. The number of nitro groups is 1.